The van der Waals surface area contributed by atoms with E-state index in [0.29, 0.717) is 10.8 Å². The van der Waals surface area contributed by atoms with Crippen LogP contribution in [0.2, 0.25) is 5.02 Å². The highest BCUT2D eigenvalue weighted by Gasteiger charge is 2.16. The summed E-state index contributed by atoms with van der Waals surface area (Å²) in [5.74, 6) is -0.0280. The Morgan fingerprint density at radius 1 is 1.33 bits per heavy atom. The van der Waals surface area contributed by atoms with Crippen LogP contribution in [0.25, 0.3) is 11.4 Å². The van der Waals surface area contributed by atoms with E-state index >= 15 is 0 Å². The second-order valence-corrected chi connectivity index (χ2v) is 8.27. The second-order valence-electron chi connectivity index (χ2n) is 5.29. The van der Waals surface area contributed by atoms with Gasteiger partial charge in [-0.2, -0.15) is 16.3 Å². The van der Waals surface area contributed by atoms with E-state index < -0.39 is 16.0 Å². The molecular weight excluding hydrogens is 414 g/mol. The van der Waals surface area contributed by atoms with Crippen LogP contribution in [-0.2, 0) is 26.2 Å². The van der Waals surface area contributed by atoms with Crippen molar-refractivity contribution in [2.24, 2.45) is 0 Å². The number of carbonyl (C=O) groups is 1. The number of aromatic nitrogens is 2. The zero-order valence-electron chi connectivity index (χ0n) is 13.8. The summed E-state index contributed by atoms with van der Waals surface area (Å²) >= 11 is 7.29. The minimum atomic E-state index is -3.75. The Hall–Kier alpha value is -2.27. The Bertz CT molecular complexity index is 1020. The van der Waals surface area contributed by atoms with Gasteiger partial charge in [0.25, 0.3) is 5.89 Å². The molecule has 0 bridgehead atoms. The maximum absolute atomic E-state index is 12.1. The molecule has 8 nitrogen and oxygen atoms in total. The molecule has 0 saturated heterocycles. The molecule has 3 aromatic rings. The predicted molar refractivity (Wildman–Crippen MR) is 98.7 cm³/mol. The molecule has 0 spiro atoms. The molecule has 2 aromatic heterocycles. The summed E-state index contributed by atoms with van der Waals surface area (Å²) in [6.07, 6.45) is -0.147. The van der Waals surface area contributed by atoms with Crippen LogP contribution < -0.4 is 4.72 Å². The topological polar surface area (TPSA) is 111 Å². The van der Waals surface area contributed by atoms with Crippen LogP contribution in [0.3, 0.4) is 0 Å². The van der Waals surface area contributed by atoms with Crippen LogP contribution in [0.5, 0.6) is 0 Å². The van der Waals surface area contributed by atoms with Crippen molar-refractivity contribution in [2.75, 3.05) is 6.54 Å². The molecule has 0 atom stereocenters. The van der Waals surface area contributed by atoms with Gasteiger partial charge in [0, 0.05) is 22.5 Å². The Kier molecular flexibility index (Phi) is 6.22. The van der Waals surface area contributed by atoms with Crippen molar-refractivity contribution in [3.8, 4) is 11.4 Å². The molecule has 0 aliphatic heterocycles. The molecule has 0 aliphatic rings. The Labute approximate surface area is 164 Å². The summed E-state index contributed by atoms with van der Waals surface area (Å²) in [6.45, 7) is -0.297. The summed E-state index contributed by atoms with van der Waals surface area (Å²) in [5.41, 5.74) is 0.816. The summed E-state index contributed by atoms with van der Waals surface area (Å²) in [7, 11) is -3.75. The molecule has 0 radical (unpaired) electrons. The van der Waals surface area contributed by atoms with Gasteiger partial charge < -0.3 is 9.26 Å². The summed E-state index contributed by atoms with van der Waals surface area (Å²) in [5, 5.41) is 7.86. The minimum absolute atomic E-state index is 0.0233. The third-order valence-electron chi connectivity index (χ3n) is 3.33. The Morgan fingerprint density at radius 3 is 2.93 bits per heavy atom. The number of thiophene rings is 1. The lowest BCUT2D eigenvalue weighted by Gasteiger charge is -2.06. The van der Waals surface area contributed by atoms with Crippen molar-refractivity contribution in [3.05, 3.63) is 52.0 Å². The molecule has 0 fully saturated rings. The number of benzene rings is 1. The van der Waals surface area contributed by atoms with E-state index in [0.717, 1.165) is 5.56 Å². The lowest BCUT2D eigenvalue weighted by Crippen LogP contribution is -2.26. The Balaban J connectivity index is 1.45. The fourth-order valence-electron chi connectivity index (χ4n) is 2.04. The van der Waals surface area contributed by atoms with Gasteiger partial charge in [0.05, 0.1) is 11.3 Å². The van der Waals surface area contributed by atoms with E-state index in [4.69, 9.17) is 20.9 Å². The standard InChI is InChI=1S/C16H14ClN3O5S2/c17-12-2-1-3-13(8-12)27(22,23)18-6-4-15(21)24-9-14-19-16(20-25-14)11-5-7-26-10-11/h1-3,5,7-8,10,18H,4,6,9H2. The lowest BCUT2D eigenvalue weighted by molar-refractivity contribution is -0.145. The van der Waals surface area contributed by atoms with Crippen molar-refractivity contribution >= 4 is 38.9 Å². The van der Waals surface area contributed by atoms with E-state index in [9.17, 15) is 13.2 Å². The van der Waals surface area contributed by atoms with Gasteiger partial charge in [-0.1, -0.05) is 22.8 Å². The number of nitrogens with zero attached hydrogens (tertiary/aromatic N) is 2. The molecule has 0 saturated carbocycles. The molecule has 11 heteroatoms. The summed E-state index contributed by atoms with van der Waals surface area (Å²) in [4.78, 5) is 15.9. The number of esters is 1. The summed E-state index contributed by atoms with van der Waals surface area (Å²) in [6, 6.07) is 7.67. The van der Waals surface area contributed by atoms with Crippen LogP contribution in [0.4, 0.5) is 0 Å². The fourth-order valence-corrected chi connectivity index (χ4v) is 4.01. The molecule has 0 aliphatic carbocycles. The van der Waals surface area contributed by atoms with Gasteiger partial charge in [0.1, 0.15) is 0 Å². The zero-order chi connectivity index (χ0) is 19.3. The van der Waals surface area contributed by atoms with E-state index in [1.54, 1.807) is 6.07 Å². The van der Waals surface area contributed by atoms with Gasteiger partial charge in [-0.3, -0.25) is 4.79 Å². The van der Waals surface area contributed by atoms with Gasteiger partial charge in [-0.15, -0.1) is 0 Å². The van der Waals surface area contributed by atoms with Gasteiger partial charge in [-0.05, 0) is 29.6 Å². The fraction of sp³-hybridized carbons (Fsp3) is 0.188. The lowest BCUT2D eigenvalue weighted by atomic mass is 10.3. The highest BCUT2D eigenvalue weighted by molar-refractivity contribution is 7.89. The van der Waals surface area contributed by atoms with Gasteiger partial charge >= 0.3 is 5.97 Å². The van der Waals surface area contributed by atoms with E-state index in [2.05, 4.69) is 14.9 Å². The quantitative estimate of drug-likeness (QED) is 0.550. The zero-order valence-corrected chi connectivity index (χ0v) is 16.2. The molecule has 27 heavy (non-hydrogen) atoms. The van der Waals surface area contributed by atoms with Crippen LogP contribution in [0, 0.1) is 0 Å². The molecule has 1 aromatic carbocycles. The van der Waals surface area contributed by atoms with Crippen LogP contribution in [0.15, 0.2) is 50.5 Å². The molecule has 1 N–H and O–H groups in total. The van der Waals surface area contributed by atoms with E-state index in [-0.39, 0.29) is 30.4 Å². The van der Waals surface area contributed by atoms with Crippen LogP contribution in [-0.4, -0.2) is 31.1 Å². The Morgan fingerprint density at radius 2 is 2.19 bits per heavy atom. The van der Waals surface area contributed by atoms with E-state index in [1.807, 2.05) is 16.8 Å². The van der Waals surface area contributed by atoms with E-state index in [1.165, 1.54) is 29.5 Å². The van der Waals surface area contributed by atoms with Gasteiger partial charge in [-0.25, -0.2) is 13.1 Å². The first kappa shape index (κ1) is 19.5. The molecule has 0 amide bonds. The third-order valence-corrected chi connectivity index (χ3v) is 5.71. The first-order chi connectivity index (χ1) is 12.9. The average molecular weight is 428 g/mol. The molecule has 2 heterocycles. The SMILES string of the molecule is O=C(CCNS(=O)(=O)c1cccc(Cl)c1)OCc1nc(-c2ccsc2)no1. The molecule has 3 rings (SSSR count). The number of sulfonamides is 1. The first-order valence-corrected chi connectivity index (χ1v) is 10.5. The normalized spacial score (nSPS) is 11.4. The number of rotatable bonds is 8. The number of hydrogen-bond donors (Lipinski definition) is 1. The van der Waals surface area contributed by atoms with Crippen molar-refractivity contribution in [1.82, 2.24) is 14.9 Å². The van der Waals surface area contributed by atoms with Gasteiger partial charge in [0.2, 0.25) is 15.8 Å². The molecule has 0 unspecified atom stereocenters. The number of carbonyl (C=O) groups excluding carboxylic acids is 1. The summed E-state index contributed by atoms with van der Waals surface area (Å²) < 4.78 is 36.5. The van der Waals surface area contributed by atoms with Crippen molar-refractivity contribution in [2.45, 2.75) is 17.9 Å². The smallest absolute Gasteiger partial charge is 0.307 e. The van der Waals surface area contributed by atoms with Gasteiger partial charge in [0.15, 0.2) is 6.61 Å². The highest BCUT2D eigenvalue weighted by Crippen LogP contribution is 2.19. The largest absolute Gasteiger partial charge is 0.456 e. The second kappa shape index (κ2) is 8.61. The number of ether oxygens (including phenoxy) is 1. The average Bonchev–Trinajstić information content (AvgIpc) is 3.31. The minimum Gasteiger partial charge on any atom is -0.456 e. The highest BCUT2D eigenvalue weighted by atomic mass is 35.5. The molecular formula is C16H14ClN3O5S2. The van der Waals surface area contributed by atoms with Crippen molar-refractivity contribution in [1.29, 1.82) is 0 Å². The third kappa shape index (κ3) is 5.36. The molecule has 142 valence electrons. The first-order valence-electron chi connectivity index (χ1n) is 7.70. The van der Waals surface area contributed by atoms with Crippen molar-refractivity contribution in [3.63, 3.8) is 0 Å². The predicted octanol–water partition coefficient (Wildman–Crippen LogP) is 2.86. The van der Waals surface area contributed by atoms with Crippen LogP contribution >= 0.6 is 22.9 Å². The maximum Gasteiger partial charge on any atom is 0.307 e. The number of hydrogen-bond acceptors (Lipinski definition) is 8. The monoisotopic (exact) mass is 427 g/mol. The van der Waals surface area contributed by atoms with Crippen LogP contribution in [0.1, 0.15) is 12.3 Å². The maximum atomic E-state index is 12.1. The van der Waals surface area contributed by atoms with Crippen molar-refractivity contribution < 1.29 is 22.5 Å². The number of nitrogens with one attached hydrogen (secondary N) is 1. The number of halogens is 1.